The van der Waals surface area contributed by atoms with Gasteiger partial charge in [-0.15, -0.1) is 0 Å². The van der Waals surface area contributed by atoms with Crippen LogP contribution in [0.15, 0.2) is 0 Å². The second-order valence-electron chi connectivity index (χ2n) is 11.8. The van der Waals surface area contributed by atoms with Crippen molar-refractivity contribution >= 4 is 36.6 Å². The van der Waals surface area contributed by atoms with Gasteiger partial charge in [-0.05, 0) is 19.3 Å². The minimum atomic E-state index is -4.75. The van der Waals surface area contributed by atoms with E-state index < -0.39 is 32.5 Å². The van der Waals surface area contributed by atoms with Crippen LogP contribution in [0, 0.1) is 0 Å². The number of carbonyl (C=O) groups is 3. The minimum Gasteiger partial charge on any atom is -0.462 e. The highest BCUT2D eigenvalue weighted by Gasteiger charge is 2.22. The van der Waals surface area contributed by atoms with Crippen LogP contribution in [0.2, 0.25) is 0 Å². The molecule has 0 radical (unpaired) electrons. The summed E-state index contributed by atoms with van der Waals surface area (Å²) < 4.78 is 26.2. The fraction of sp³-hybridized carbons (Fsp3) is 0.909. The van der Waals surface area contributed by atoms with Gasteiger partial charge in [0.25, 0.3) is 0 Å². The lowest BCUT2D eigenvalue weighted by atomic mass is 10.0. The largest absolute Gasteiger partial charge is 0.469 e. The molecular weight excluding hydrogens is 603 g/mol. The smallest absolute Gasteiger partial charge is 0.462 e. The van der Waals surface area contributed by atoms with Gasteiger partial charge in [0.1, 0.15) is 6.61 Å². The number of phosphoric acid groups is 1. The van der Waals surface area contributed by atoms with E-state index in [0.29, 0.717) is 12.8 Å². The number of thioether (sulfide) groups is 1. The summed E-state index contributed by atoms with van der Waals surface area (Å²) in [4.78, 5) is 53.4. The first-order valence-corrected chi connectivity index (χ1v) is 19.8. The third kappa shape index (κ3) is 34.0. The fourth-order valence-electron chi connectivity index (χ4n) is 4.91. The summed E-state index contributed by atoms with van der Waals surface area (Å²) in [7, 11) is -4.75. The summed E-state index contributed by atoms with van der Waals surface area (Å²) in [5.41, 5.74) is 0. The molecule has 11 heteroatoms. The van der Waals surface area contributed by atoms with Gasteiger partial charge in [-0.25, -0.2) is 4.57 Å². The summed E-state index contributed by atoms with van der Waals surface area (Å²) in [6.07, 6.45) is 24.5. The Morgan fingerprint density at radius 2 is 1.02 bits per heavy atom. The molecule has 0 spiro atoms. The van der Waals surface area contributed by atoms with Crippen LogP contribution in [-0.4, -0.2) is 51.9 Å². The second kappa shape index (κ2) is 30.7. The van der Waals surface area contributed by atoms with Gasteiger partial charge in [-0.3, -0.25) is 18.9 Å². The lowest BCUT2D eigenvalue weighted by Crippen LogP contribution is -2.29. The average Bonchev–Trinajstić information content (AvgIpc) is 2.96. The quantitative estimate of drug-likeness (QED) is 0.0406. The highest BCUT2D eigenvalue weighted by atomic mass is 32.2. The molecule has 0 aromatic carbocycles. The van der Waals surface area contributed by atoms with Crippen molar-refractivity contribution in [1.82, 2.24) is 0 Å². The van der Waals surface area contributed by atoms with Crippen molar-refractivity contribution in [2.24, 2.45) is 0 Å². The van der Waals surface area contributed by atoms with Crippen molar-refractivity contribution in [3.8, 4) is 0 Å². The van der Waals surface area contributed by atoms with Gasteiger partial charge in [-0.1, -0.05) is 141 Å². The zero-order valence-corrected chi connectivity index (χ0v) is 29.5. The molecule has 0 amide bonds. The molecule has 0 saturated carbocycles. The Hall–Kier alpha value is -0.930. The highest BCUT2D eigenvalue weighted by molar-refractivity contribution is 8.13. The highest BCUT2D eigenvalue weighted by Crippen LogP contribution is 2.36. The number of unbranched alkanes of at least 4 members (excludes halogenated alkanes) is 20. The maximum Gasteiger partial charge on any atom is 0.469 e. The third-order valence-electron chi connectivity index (χ3n) is 7.47. The number of rotatable bonds is 32. The average molecular weight is 667 g/mol. The maximum absolute atomic E-state index is 12.3. The Morgan fingerprint density at radius 1 is 0.614 bits per heavy atom. The molecule has 9 nitrogen and oxygen atoms in total. The van der Waals surface area contributed by atoms with Crippen molar-refractivity contribution in [2.75, 3.05) is 19.0 Å². The zero-order chi connectivity index (χ0) is 32.7. The summed E-state index contributed by atoms with van der Waals surface area (Å²) in [5, 5.41) is 0.205. The van der Waals surface area contributed by atoms with Crippen LogP contribution in [-0.2, 0) is 32.9 Å². The van der Waals surface area contributed by atoms with E-state index in [2.05, 4.69) is 11.4 Å². The first kappa shape index (κ1) is 43.1. The molecule has 0 rings (SSSR count). The van der Waals surface area contributed by atoms with Crippen molar-refractivity contribution in [3.05, 3.63) is 0 Å². The van der Waals surface area contributed by atoms with E-state index in [-0.39, 0.29) is 24.6 Å². The Morgan fingerprint density at radius 3 is 1.45 bits per heavy atom. The SMILES string of the molecule is CCCCCCCCCCCCC(=O)O[C@@H](COC(=O)CCCCCCCCCCCCCCSC(C)=O)COP(=O)(O)O. The zero-order valence-electron chi connectivity index (χ0n) is 27.8. The minimum absolute atomic E-state index is 0.205. The molecule has 44 heavy (non-hydrogen) atoms. The molecule has 260 valence electrons. The molecule has 0 aliphatic heterocycles. The van der Waals surface area contributed by atoms with Gasteiger partial charge in [0.15, 0.2) is 11.2 Å². The van der Waals surface area contributed by atoms with E-state index in [1.807, 2.05) is 0 Å². The van der Waals surface area contributed by atoms with Crippen LogP contribution in [0.4, 0.5) is 0 Å². The van der Waals surface area contributed by atoms with Crippen LogP contribution in [0.5, 0.6) is 0 Å². The van der Waals surface area contributed by atoms with Gasteiger partial charge < -0.3 is 19.3 Å². The molecule has 2 N–H and O–H groups in total. The Labute approximate surface area is 272 Å². The van der Waals surface area contributed by atoms with E-state index >= 15 is 0 Å². The molecule has 0 unspecified atom stereocenters. The van der Waals surface area contributed by atoms with Crippen molar-refractivity contribution < 1.29 is 42.7 Å². The van der Waals surface area contributed by atoms with Gasteiger partial charge in [-0.2, -0.15) is 0 Å². The standard InChI is InChI=1S/C33H63O9PS/c1-3-4-5-6-7-8-13-17-20-23-26-33(36)42-31(29-41-43(37,38)39)28-40-32(35)25-22-19-16-14-11-9-10-12-15-18-21-24-27-44-30(2)34/h31H,3-29H2,1-2H3,(H2,37,38,39)/t31-/m0/s1. The van der Waals surface area contributed by atoms with Crippen LogP contribution in [0.3, 0.4) is 0 Å². The summed E-state index contributed by atoms with van der Waals surface area (Å²) >= 11 is 1.42. The van der Waals surface area contributed by atoms with E-state index in [0.717, 1.165) is 50.7 Å². The molecular formula is C33H63O9PS. The number of ether oxygens (including phenoxy) is 2. The predicted octanol–water partition coefficient (Wildman–Crippen LogP) is 9.21. The second-order valence-corrected chi connectivity index (χ2v) is 14.4. The van der Waals surface area contributed by atoms with Crippen molar-refractivity contribution in [2.45, 2.75) is 174 Å². The van der Waals surface area contributed by atoms with E-state index in [9.17, 15) is 18.9 Å². The molecule has 0 heterocycles. The van der Waals surface area contributed by atoms with Gasteiger partial charge in [0.2, 0.25) is 0 Å². The fourth-order valence-corrected chi connectivity index (χ4v) is 5.91. The van der Waals surface area contributed by atoms with Crippen LogP contribution in [0.25, 0.3) is 0 Å². The predicted molar refractivity (Wildman–Crippen MR) is 178 cm³/mol. The number of hydrogen-bond donors (Lipinski definition) is 2. The molecule has 0 aromatic rings. The van der Waals surface area contributed by atoms with Crippen LogP contribution >= 0.6 is 19.6 Å². The van der Waals surface area contributed by atoms with E-state index in [4.69, 9.17) is 19.3 Å². The monoisotopic (exact) mass is 666 g/mol. The molecule has 0 bridgehead atoms. The van der Waals surface area contributed by atoms with Crippen molar-refractivity contribution in [3.63, 3.8) is 0 Å². The number of hydrogen-bond acceptors (Lipinski definition) is 8. The molecule has 0 aliphatic carbocycles. The summed E-state index contributed by atoms with van der Waals surface area (Å²) in [5.74, 6) is 0.0358. The third-order valence-corrected chi connectivity index (χ3v) is 8.86. The summed E-state index contributed by atoms with van der Waals surface area (Å²) in [6.45, 7) is 3.00. The normalized spacial score (nSPS) is 12.3. The Kier molecular flexibility index (Phi) is 30.1. The summed E-state index contributed by atoms with van der Waals surface area (Å²) in [6, 6.07) is 0. The first-order chi connectivity index (χ1) is 21.1. The molecule has 0 aliphatic rings. The van der Waals surface area contributed by atoms with E-state index in [1.165, 1.54) is 95.2 Å². The van der Waals surface area contributed by atoms with E-state index in [1.54, 1.807) is 6.92 Å². The molecule has 1 atom stereocenters. The topological polar surface area (TPSA) is 136 Å². The van der Waals surface area contributed by atoms with Gasteiger partial charge in [0.05, 0.1) is 6.61 Å². The maximum atomic E-state index is 12.3. The lowest BCUT2D eigenvalue weighted by Gasteiger charge is -2.18. The van der Waals surface area contributed by atoms with Gasteiger partial charge >= 0.3 is 19.8 Å². The molecule has 0 aromatic heterocycles. The molecule has 0 fully saturated rings. The van der Waals surface area contributed by atoms with Crippen LogP contribution < -0.4 is 0 Å². The number of carbonyl (C=O) groups excluding carboxylic acids is 3. The lowest BCUT2D eigenvalue weighted by molar-refractivity contribution is -0.161. The van der Waals surface area contributed by atoms with Gasteiger partial charge in [0, 0.05) is 25.5 Å². The Bertz CT molecular complexity index is 760. The van der Waals surface area contributed by atoms with Crippen LogP contribution in [0.1, 0.15) is 168 Å². The Balaban J connectivity index is 3.91. The number of phosphoric ester groups is 1. The molecule has 0 saturated heterocycles. The first-order valence-electron chi connectivity index (χ1n) is 17.3. The van der Waals surface area contributed by atoms with Crippen molar-refractivity contribution in [1.29, 1.82) is 0 Å². The number of esters is 2.